The molecular weight excluding hydrogens is 453 g/mol. The zero-order chi connectivity index (χ0) is 22.7. The summed E-state index contributed by atoms with van der Waals surface area (Å²) >= 11 is 7.22. The Morgan fingerprint density at radius 3 is 2.59 bits per heavy atom. The number of methoxy groups -OCH3 is 1. The molecule has 6 nitrogen and oxygen atoms in total. The van der Waals surface area contributed by atoms with Crippen LogP contribution in [0.1, 0.15) is 15.9 Å². The highest BCUT2D eigenvalue weighted by Gasteiger charge is 2.17. The van der Waals surface area contributed by atoms with Crippen molar-refractivity contribution >= 4 is 40.2 Å². The molecule has 0 bridgehead atoms. The molecule has 0 aliphatic carbocycles. The lowest BCUT2D eigenvalue weighted by atomic mass is 10.2. The first-order valence-corrected chi connectivity index (χ1v) is 10.9. The van der Waals surface area contributed by atoms with Gasteiger partial charge in [-0.25, -0.2) is 9.37 Å². The van der Waals surface area contributed by atoms with E-state index in [0.29, 0.717) is 22.2 Å². The number of ether oxygens (including phenoxy) is 1. The number of hydrogen-bond acceptors (Lipinski definition) is 5. The molecule has 162 valence electrons. The van der Waals surface area contributed by atoms with Gasteiger partial charge in [-0.1, -0.05) is 41.6 Å². The van der Waals surface area contributed by atoms with Crippen LogP contribution in [0.25, 0.3) is 10.9 Å². The predicted octanol–water partition coefficient (Wildman–Crippen LogP) is 4.87. The molecule has 0 fully saturated rings. The Hall–Kier alpha value is -3.36. The summed E-state index contributed by atoms with van der Waals surface area (Å²) in [6.07, 6.45) is 0. The average Bonchev–Trinajstić information content (AvgIpc) is 2.81. The van der Waals surface area contributed by atoms with Crippen molar-refractivity contribution in [3.05, 3.63) is 99.1 Å². The van der Waals surface area contributed by atoms with Crippen LogP contribution in [-0.2, 0) is 5.75 Å². The molecule has 0 saturated carbocycles. The molecule has 1 amide bonds. The summed E-state index contributed by atoms with van der Waals surface area (Å²) in [7, 11) is 1.53. The van der Waals surface area contributed by atoms with Crippen LogP contribution < -0.4 is 15.7 Å². The van der Waals surface area contributed by atoms with Crippen LogP contribution in [0.4, 0.5) is 4.39 Å². The zero-order valence-corrected chi connectivity index (χ0v) is 18.4. The van der Waals surface area contributed by atoms with Gasteiger partial charge < -0.3 is 4.74 Å². The molecule has 0 atom stereocenters. The van der Waals surface area contributed by atoms with E-state index in [1.165, 1.54) is 19.2 Å². The van der Waals surface area contributed by atoms with Crippen LogP contribution in [0.5, 0.6) is 5.75 Å². The van der Waals surface area contributed by atoms with E-state index in [9.17, 15) is 14.0 Å². The SMILES string of the molecule is COc1ccc(C(=O)Nn2c(SCc3c(F)cccc3Cl)nc3ccccc3c2=O)cc1. The van der Waals surface area contributed by atoms with Gasteiger partial charge in [0.15, 0.2) is 5.16 Å². The maximum absolute atomic E-state index is 14.2. The fourth-order valence-corrected chi connectivity index (χ4v) is 4.32. The number of thioether (sulfide) groups is 1. The predicted molar refractivity (Wildman–Crippen MR) is 124 cm³/mol. The molecule has 32 heavy (non-hydrogen) atoms. The van der Waals surface area contributed by atoms with Crippen LogP contribution in [0.2, 0.25) is 5.02 Å². The fraction of sp³-hybridized carbons (Fsp3) is 0.0870. The molecular formula is C23H17ClFN3O3S. The van der Waals surface area contributed by atoms with E-state index in [4.69, 9.17) is 16.3 Å². The Morgan fingerprint density at radius 1 is 1.12 bits per heavy atom. The van der Waals surface area contributed by atoms with Crippen LogP contribution in [-0.4, -0.2) is 22.7 Å². The lowest BCUT2D eigenvalue weighted by molar-refractivity contribution is 0.100. The molecule has 4 rings (SSSR count). The third-order valence-corrected chi connectivity index (χ3v) is 6.04. The third-order valence-electron chi connectivity index (χ3n) is 4.72. The number of carbonyl (C=O) groups excluding carboxylic acids is 1. The normalized spacial score (nSPS) is 10.8. The summed E-state index contributed by atoms with van der Waals surface area (Å²) in [6.45, 7) is 0. The Kier molecular flexibility index (Phi) is 6.43. The molecule has 0 saturated heterocycles. The van der Waals surface area contributed by atoms with E-state index < -0.39 is 17.3 Å². The summed E-state index contributed by atoms with van der Waals surface area (Å²) < 4.78 is 20.4. The number of aromatic nitrogens is 2. The first kappa shape index (κ1) is 21.9. The van der Waals surface area contributed by atoms with Crippen molar-refractivity contribution in [3.8, 4) is 5.75 Å². The standard InChI is InChI=1S/C23H17ClFN3O3S/c1-31-15-11-9-14(10-12-15)21(29)27-28-22(30)16-5-2-3-8-20(16)26-23(28)32-13-17-18(24)6-4-7-19(17)25/h2-12H,13H2,1H3,(H,27,29). The molecule has 0 aliphatic heterocycles. The number of halogens is 2. The van der Waals surface area contributed by atoms with Crippen molar-refractivity contribution in [1.82, 2.24) is 9.66 Å². The van der Waals surface area contributed by atoms with Gasteiger partial charge >= 0.3 is 0 Å². The highest BCUT2D eigenvalue weighted by molar-refractivity contribution is 7.98. The molecule has 4 aromatic rings. The molecule has 0 aliphatic rings. The smallest absolute Gasteiger partial charge is 0.281 e. The van der Waals surface area contributed by atoms with Crippen molar-refractivity contribution in [2.45, 2.75) is 10.9 Å². The first-order chi connectivity index (χ1) is 15.5. The maximum atomic E-state index is 14.2. The number of carbonyl (C=O) groups is 1. The van der Waals surface area contributed by atoms with Gasteiger partial charge in [0.05, 0.1) is 18.0 Å². The second-order valence-electron chi connectivity index (χ2n) is 6.71. The minimum Gasteiger partial charge on any atom is -0.497 e. The fourth-order valence-electron chi connectivity index (χ4n) is 3.02. The minimum atomic E-state index is -0.502. The number of amides is 1. The van der Waals surface area contributed by atoms with Gasteiger partial charge in [-0.15, -0.1) is 0 Å². The van der Waals surface area contributed by atoms with E-state index in [2.05, 4.69) is 10.4 Å². The zero-order valence-electron chi connectivity index (χ0n) is 16.8. The van der Waals surface area contributed by atoms with Crippen LogP contribution in [0.15, 0.2) is 76.7 Å². The highest BCUT2D eigenvalue weighted by Crippen LogP contribution is 2.27. The number of rotatable bonds is 6. The van der Waals surface area contributed by atoms with Crippen LogP contribution in [0.3, 0.4) is 0 Å². The van der Waals surface area contributed by atoms with Gasteiger partial charge in [0.25, 0.3) is 11.5 Å². The second kappa shape index (κ2) is 9.42. The van der Waals surface area contributed by atoms with Crippen molar-refractivity contribution < 1.29 is 13.9 Å². The Labute approximate surface area is 192 Å². The Morgan fingerprint density at radius 2 is 1.88 bits per heavy atom. The monoisotopic (exact) mass is 469 g/mol. The second-order valence-corrected chi connectivity index (χ2v) is 8.06. The van der Waals surface area contributed by atoms with Gasteiger partial charge in [-0.05, 0) is 48.5 Å². The van der Waals surface area contributed by atoms with Crippen LogP contribution >= 0.6 is 23.4 Å². The van der Waals surface area contributed by atoms with Gasteiger partial charge in [-0.2, -0.15) is 4.68 Å². The molecule has 1 aromatic heterocycles. The molecule has 1 N–H and O–H groups in total. The number of benzene rings is 3. The summed E-state index contributed by atoms with van der Waals surface area (Å²) in [6, 6.07) is 17.7. The van der Waals surface area contributed by atoms with Crippen LogP contribution in [0, 0.1) is 5.82 Å². The Balaban J connectivity index is 1.71. The van der Waals surface area contributed by atoms with Crippen molar-refractivity contribution in [2.24, 2.45) is 0 Å². The van der Waals surface area contributed by atoms with Crippen molar-refractivity contribution in [3.63, 3.8) is 0 Å². The number of para-hydroxylation sites is 1. The number of nitrogens with one attached hydrogen (secondary N) is 1. The summed E-state index contributed by atoms with van der Waals surface area (Å²) in [5.74, 6) is -0.238. The van der Waals surface area contributed by atoms with Gasteiger partial charge in [-0.3, -0.25) is 15.0 Å². The van der Waals surface area contributed by atoms with E-state index in [1.807, 2.05) is 0 Å². The number of nitrogens with zero attached hydrogens (tertiary/aromatic N) is 2. The van der Waals surface area contributed by atoms with E-state index >= 15 is 0 Å². The van der Waals surface area contributed by atoms with Crippen molar-refractivity contribution in [2.75, 3.05) is 12.5 Å². The molecule has 0 unspecified atom stereocenters. The lowest BCUT2D eigenvalue weighted by Gasteiger charge is -2.14. The van der Waals surface area contributed by atoms with Gasteiger partial charge in [0.1, 0.15) is 11.6 Å². The van der Waals surface area contributed by atoms with E-state index in [1.54, 1.807) is 54.6 Å². The molecule has 1 heterocycles. The Bertz CT molecular complexity index is 1340. The number of hydrogen-bond donors (Lipinski definition) is 1. The topological polar surface area (TPSA) is 73.2 Å². The minimum absolute atomic E-state index is 0.120. The quantitative estimate of drug-likeness (QED) is 0.322. The third kappa shape index (κ3) is 4.46. The largest absolute Gasteiger partial charge is 0.497 e. The average molecular weight is 470 g/mol. The number of fused-ring (bicyclic) bond motifs is 1. The molecule has 3 aromatic carbocycles. The van der Waals surface area contributed by atoms with Gasteiger partial charge in [0, 0.05) is 21.9 Å². The van der Waals surface area contributed by atoms with Gasteiger partial charge in [0.2, 0.25) is 0 Å². The molecule has 0 spiro atoms. The summed E-state index contributed by atoms with van der Waals surface area (Å²) in [5, 5.41) is 0.820. The molecule has 9 heteroatoms. The molecule has 0 radical (unpaired) electrons. The van der Waals surface area contributed by atoms with Crippen molar-refractivity contribution in [1.29, 1.82) is 0 Å². The maximum Gasteiger partial charge on any atom is 0.281 e. The lowest BCUT2D eigenvalue weighted by Crippen LogP contribution is -2.35. The highest BCUT2D eigenvalue weighted by atomic mass is 35.5. The summed E-state index contributed by atoms with van der Waals surface area (Å²) in [4.78, 5) is 30.5. The summed E-state index contributed by atoms with van der Waals surface area (Å²) in [5.41, 5.74) is 3.25. The van der Waals surface area contributed by atoms with E-state index in [-0.39, 0.29) is 21.5 Å². The first-order valence-electron chi connectivity index (χ1n) is 9.51. The van der Waals surface area contributed by atoms with E-state index in [0.717, 1.165) is 16.4 Å².